The summed E-state index contributed by atoms with van der Waals surface area (Å²) in [5, 5.41) is 0.309. The van der Waals surface area contributed by atoms with Gasteiger partial charge in [-0.05, 0) is 38.0 Å². The third-order valence-corrected chi connectivity index (χ3v) is 5.87. The van der Waals surface area contributed by atoms with Gasteiger partial charge >= 0.3 is 5.97 Å². The molecule has 1 aromatic carbocycles. The van der Waals surface area contributed by atoms with Crippen molar-refractivity contribution in [3.8, 4) is 5.75 Å². The first-order valence-electron chi connectivity index (χ1n) is 7.40. The van der Waals surface area contributed by atoms with E-state index in [0.29, 0.717) is 24.4 Å². The van der Waals surface area contributed by atoms with E-state index in [1.165, 1.54) is 23.5 Å². The van der Waals surface area contributed by atoms with Gasteiger partial charge in [-0.25, -0.2) is 8.42 Å². The zero-order valence-electron chi connectivity index (χ0n) is 13.1. The van der Waals surface area contributed by atoms with Crippen LogP contribution in [0.3, 0.4) is 0 Å². The average Bonchev–Trinajstić information content (AvgIpc) is 2.55. The molecule has 128 valence electrons. The minimum atomic E-state index is -3.79. The summed E-state index contributed by atoms with van der Waals surface area (Å²) in [6.07, 6.45) is 1.23. The molecule has 8 heteroatoms. The molecule has 0 amide bonds. The molecule has 0 aliphatic carbocycles. The Morgan fingerprint density at radius 3 is 2.83 bits per heavy atom. The minimum absolute atomic E-state index is 0.0111. The molecule has 1 fully saturated rings. The summed E-state index contributed by atoms with van der Waals surface area (Å²) in [5.41, 5.74) is 0. The van der Waals surface area contributed by atoms with Crippen molar-refractivity contribution >= 4 is 27.6 Å². The lowest BCUT2D eigenvalue weighted by Crippen LogP contribution is -2.42. The Morgan fingerprint density at radius 2 is 2.17 bits per heavy atom. The summed E-state index contributed by atoms with van der Waals surface area (Å²) < 4.78 is 37.2. The monoisotopic (exact) mass is 361 g/mol. The molecule has 1 atom stereocenters. The fourth-order valence-corrected chi connectivity index (χ4v) is 4.55. The van der Waals surface area contributed by atoms with Crippen LogP contribution in [0.25, 0.3) is 0 Å². The number of hydrogen-bond donors (Lipinski definition) is 0. The quantitative estimate of drug-likeness (QED) is 0.752. The number of carbonyl (C=O) groups excluding carboxylic acids is 1. The fourth-order valence-electron chi connectivity index (χ4n) is 2.60. The lowest BCUT2D eigenvalue weighted by atomic mass is 10.0. The highest BCUT2D eigenvalue weighted by atomic mass is 35.5. The number of ether oxygens (including phenoxy) is 2. The van der Waals surface area contributed by atoms with Crippen molar-refractivity contribution in [2.75, 3.05) is 26.8 Å². The molecule has 1 aromatic rings. The normalized spacial score (nSPS) is 19.3. The van der Waals surface area contributed by atoms with Crippen LogP contribution in [0.15, 0.2) is 23.1 Å². The van der Waals surface area contributed by atoms with E-state index in [4.69, 9.17) is 21.1 Å². The number of rotatable bonds is 5. The van der Waals surface area contributed by atoms with Crippen molar-refractivity contribution in [1.29, 1.82) is 0 Å². The van der Waals surface area contributed by atoms with Gasteiger partial charge in [-0.2, -0.15) is 4.31 Å². The summed E-state index contributed by atoms with van der Waals surface area (Å²) >= 11 is 5.93. The van der Waals surface area contributed by atoms with Crippen LogP contribution in [0.5, 0.6) is 5.75 Å². The van der Waals surface area contributed by atoms with E-state index in [1.54, 1.807) is 13.0 Å². The van der Waals surface area contributed by atoms with Crippen molar-refractivity contribution in [2.24, 2.45) is 5.92 Å². The van der Waals surface area contributed by atoms with E-state index in [-0.39, 0.29) is 29.8 Å². The molecule has 0 spiro atoms. The van der Waals surface area contributed by atoms with Gasteiger partial charge in [0.05, 0.1) is 19.6 Å². The van der Waals surface area contributed by atoms with Gasteiger partial charge in [-0.15, -0.1) is 0 Å². The highest BCUT2D eigenvalue weighted by Crippen LogP contribution is 2.32. The Kier molecular flexibility index (Phi) is 5.89. The first kappa shape index (κ1) is 18.0. The standard InChI is InChI=1S/C15H20ClNO5S/c1-3-22-15(18)11-5-4-8-17(10-11)23(19,20)14-9-12(16)6-7-13(14)21-2/h6-7,9,11H,3-5,8,10H2,1-2H3/t11-/m1/s1. The molecule has 0 aromatic heterocycles. The van der Waals surface area contributed by atoms with E-state index < -0.39 is 15.9 Å². The Hall–Kier alpha value is -1.31. The predicted molar refractivity (Wildman–Crippen MR) is 86.1 cm³/mol. The number of carbonyl (C=O) groups is 1. The summed E-state index contributed by atoms with van der Waals surface area (Å²) in [4.78, 5) is 11.9. The molecular formula is C15H20ClNO5S. The highest BCUT2D eigenvalue weighted by Gasteiger charge is 2.35. The number of piperidine rings is 1. The second-order valence-electron chi connectivity index (χ2n) is 5.25. The number of hydrogen-bond acceptors (Lipinski definition) is 5. The van der Waals surface area contributed by atoms with E-state index in [0.717, 1.165) is 0 Å². The number of sulfonamides is 1. The number of nitrogens with zero attached hydrogens (tertiary/aromatic N) is 1. The smallest absolute Gasteiger partial charge is 0.310 e. The molecule has 6 nitrogen and oxygen atoms in total. The van der Waals surface area contributed by atoms with Crippen LogP contribution >= 0.6 is 11.6 Å². The Bertz CT molecular complexity index is 676. The number of benzene rings is 1. The van der Waals surface area contributed by atoms with Gasteiger partial charge in [-0.3, -0.25) is 4.79 Å². The molecule has 1 aliphatic heterocycles. The molecule has 0 unspecified atom stereocenters. The fraction of sp³-hybridized carbons (Fsp3) is 0.533. The zero-order chi connectivity index (χ0) is 17.0. The summed E-state index contributed by atoms with van der Waals surface area (Å²) in [6, 6.07) is 4.45. The van der Waals surface area contributed by atoms with E-state index >= 15 is 0 Å². The van der Waals surface area contributed by atoms with E-state index in [2.05, 4.69) is 0 Å². The van der Waals surface area contributed by atoms with Crippen LogP contribution in [0, 0.1) is 5.92 Å². The molecule has 0 saturated carbocycles. The number of halogens is 1. The van der Waals surface area contributed by atoms with Gasteiger partial charge in [-0.1, -0.05) is 11.6 Å². The van der Waals surface area contributed by atoms with Crippen molar-refractivity contribution in [1.82, 2.24) is 4.31 Å². The molecular weight excluding hydrogens is 342 g/mol. The molecule has 1 saturated heterocycles. The molecule has 0 radical (unpaired) electrons. The van der Waals surface area contributed by atoms with Gasteiger partial charge in [0.2, 0.25) is 10.0 Å². The van der Waals surface area contributed by atoms with Crippen molar-refractivity contribution in [3.63, 3.8) is 0 Å². The number of esters is 1. The maximum Gasteiger partial charge on any atom is 0.310 e. The topological polar surface area (TPSA) is 72.9 Å². The van der Waals surface area contributed by atoms with Crippen LogP contribution in [0.1, 0.15) is 19.8 Å². The van der Waals surface area contributed by atoms with Crippen LogP contribution in [0.2, 0.25) is 5.02 Å². The second-order valence-corrected chi connectivity index (χ2v) is 7.59. The Balaban J connectivity index is 2.29. The van der Waals surface area contributed by atoms with Gasteiger partial charge in [0, 0.05) is 18.1 Å². The zero-order valence-corrected chi connectivity index (χ0v) is 14.7. The third kappa shape index (κ3) is 3.97. The summed E-state index contributed by atoms with van der Waals surface area (Å²) in [6.45, 7) is 2.47. The second kappa shape index (κ2) is 7.51. The molecule has 0 N–H and O–H groups in total. The maximum absolute atomic E-state index is 12.9. The molecule has 1 heterocycles. The summed E-state index contributed by atoms with van der Waals surface area (Å²) in [7, 11) is -2.39. The lowest BCUT2D eigenvalue weighted by Gasteiger charge is -2.31. The van der Waals surface area contributed by atoms with Gasteiger partial charge in [0.25, 0.3) is 0 Å². The molecule has 0 bridgehead atoms. The van der Waals surface area contributed by atoms with E-state index in [1.807, 2.05) is 0 Å². The first-order valence-corrected chi connectivity index (χ1v) is 9.22. The number of methoxy groups -OCH3 is 1. The van der Waals surface area contributed by atoms with Crippen molar-refractivity contribution in [2.45, 2.75) is 24.7 Å². The van der Waals surface area contributed by atoms with Crippen molar-refractivity contribution in [3.05, 3.63) is 23.2 Å². The van der Waals surface area contributed by atoms with Gasteiger partial charge in [0.15, 0.2) is 0 Å². The largest absolute Gasteiger partial charge is 0.495 e. The first-order chi connectivity index (χ1) is 10.9. The molecule has 1 aliphatic rings. The third-order valence-electron chi connectivity index (χ3n) is 3.75. The van der Waals surface area contributed by atoms with Crippen LogP contribution in [-0.2, 0) is 19.6 Å². The Labute approximate surface area is 141 Å². The molecule has 23 heavy (non-hydrogen) atoms. The lowest BCUT2D eigenvalue weighted by molar-refractivity contribution is -0.149. The van der Waals surface area contributed by atoms with Gasteiger partial charge < -0.3 is 9.47 Å². The van der Waals surface area contributed by atoms with Crippen LogP contribution in [0.4, 0.5) is 0 Å². The van der Waals surface area contributed by atoms with Crippen LogP contribution < -0.4 is 4.74 Å². The van der Waals surface area contributed by atoms with Crippen molar-refractivity contribution < 1.29 is 22.7 Å². The maximum atomic E-state index is 12.9. The SMILES string of the molecule is CCOC(=O)[C@@H]1CCCN(S(=O)(=O)c2cc(Cl)ccc2OC)C1. The molecule has 2 rings (SSSR count). The van der Waals surface area contributed by atoms with Crippen LogP contribution in [-0.4, -0.2) is 45.5 Å². The average molecular weight is 362 g/mol. The van der Waals surface area contributed by atoms with E-state index in [9.17, 15) is 13.2 Å². The highest BCUT2D eigenvalue weighted by molar-refractivity contribution is 7.89. The predicted octanol–water partition coefficient (Wildman–Crippen LogP) is 2.31. The Morgan fingerprint density at radius 1 is 1.43 bits per heavy atom. The minimum Gasteiger partial charge on any atom is -0.495 e. The summed E-state index contributed by atoms with van der Waals surface area (Å²) in [5.74, 6) is -0.568. The van der Waals surface area contributed by atoms with Gasteiger partial charge in [0.1, 0.15) is 10.6 Å².